The van der Waals surface area contributed by atoms with E-state index < -0.39 is 5.97 Å². The third-order valence-corrected chi connectivity index (χ3v) is 4.86. The van der Waals surface area contributed by atoms with E-state index in [2.05, 4.69) is 5.32 Å². The van der Waals surface area contributed by atoms with Gasteiger partial charge < -0.3 is 19.9 Å². The van der Waals surface area contributed by atoms with Crippen molar-refractivity contribution in [1.82, 2.24) is 5.32 Å². The van der Waals surface area contributed by atoms with Gasteiger partial charge in [-0.1, -0.05) is 13.0 Å². The molecule has 0 aromatic heterocycles. The first-order valence-electron chi connectivity index (χ1n) is 8.68. The van der Waals surface area contributed by atoms with Crippen molar-refractivity contribution in [3.8, 4) is 11.5 Å². The number of nitrogens with one attached hydrogen (secondary N) is 1. The zero-order valence-corrected chi connectivity index (χ0v) is 15.1. The lowest BCUT2D eigenvalue weighted by Gasteiger charge is -2.28. The summed E-state index contributed by atoms with van der Waals surface area (Å²) >= 11 is 0. The summed E-state index contributed by atoms with van der Waals surface area (Å²) in [5.74, 6) is 0.158. The lowest BCUT2D eigenvalue weighted by atomic mass is 9.86. The third-order valence-electron chi connectivity index (χ3n) is 4.86. The summed E-state index contributed by atoms with van der Waals surface area (Å²) in [6, 6.07) is 5.74. The molecule has 0 heterocycles. The Balaban J connectivity index is 1.87. The topological polar surface area (TPSA) is 84.9 Å². The van der Waals surface area contributed by atoms with E-state index in [0.717, 1.165) is 18.4 Å². The Bertz CT molecular complexity index is 608. The molecule has 0 aliphatic heterocycles. The number of benzene rings is 1. The van der Waals surface area contributed by atoms with Crippen molar-refractivity contribution in [3.05, 3.63) is 23.8 Å². The van der Waals surface area contributed by atoms with E-state index in [-0.39, 0.29) is 23.8 Å². The summed E-state index contributed by atoms with van der Waals surface area (Å²) in [4.78, 5) is 23.4. The van der Waals surface area contributed by atoms with Crippen LogP contribution in [0.5, 0.6) is 11.5 Å². The monoisotopic (exact) mass is 349 g/mol. The largest absolute Gasteiger partial charge is 0.493 e. The van der Waals surface area contributed by atoms with E-state index in [9.17, 15) is 9.59 Å². The van der Waals surface area contributed by atoms with Gasteiger partial charge in [-0.25, -0.2) is 0 Å². The molecule has 6 nitrogen and oxygen atoms in total. The van der Waals surface area contributed by atoms with Crippen molar-refractivity contribution in [2.45, 2.75) is 45.1 Å². The van der Waals surface area contributed by atoms with Crippen molar-refractivity contribution >= 4 is 11.9 Å². The molecular formula is C19H27NO5. The smallest absolute Gasteiger partial charge is 0.306 e. The zero-order valence-electron chi connectivity index (χ0n) is 15.1. The Morgan fingerprint density at radius 1 is 1.16 bits per heavy atom. The molecule has 25 heavy (non-hydrogen) atoms. The number of carboxylic acids is 1. The van der Waals surface area contributed by atoms with Gasteiger partial charge in [0.2, 0.25) is 5.91 Å². The maximum Gasteiger partial charge on any atom is 0.306 e. The minimum absolute atomic E-state index is 0.00793. The molecule has 1 saturated carbocycles. The molecule has 1 aromatic carbocycles. The van der Waals surface area contributed by atoms with Gasteiger partial charge in [-0.05, 0) is 49.8 Å². The van der Waals surface area contributed by atoms with Crippen LogP contribution in [-0.4, -0.2) is 37.2 Å². The number of methoxy groups -OCH3 is 2. The van der Waals surface area contributed by atoms with Gasteiger partial charge in [-0.2, -0.15) is 0 Å². The van der Waals surface area contributed by atoms with Crippen LogP contribution in [0.4, 0.5) is 0 Å². The quantitative estimate of drug-likeness (QED) is 0.790. The van der Waals surface area contributed by atoms with Crippen LogP contribution in [0.3, 0.4) is 0 Å². The summed E-state index contributed by atoms with van der Waals surface area (Å²) in [6.07, 6.45) is 3.32. The molecule has 6 heteroatoms. The Morgan fingerprint density at radius 3 is 2.36 bits per heavy atom. The highest BCUT2D eigenvalue weighted by Gasteiger charge is 2.27. The van der Waals surface area contributed by atoms with Crippen molar-refractivity contribution in [2.24, 2.45) is 11.8 Å². The molecule has 0 saturated heterocycles. The Morgan fingerprint density at radius 2 is 1.80 bits per heavy atom. The van der Waals surface area contributed by atoms with Crippen LogP contribution in [0.1, 0.15) is 38.2 Å². The first-order chi connectivity index (χ1) is 11.9. The van der Waals surface area contributed by atoms with Crippen molar-refractivity contribution in [2.75, 3.05) is 14.2 Å². The molecular weight excluding hydrogens is 322 g/mol. The average molecular weight is 349 g/mol. The lowest BCUT2D eigenvalue weighted by molar-refractivity contribution is -0.142. The maximum atomic E-state index is 12.4. The highest BCUT2D eigenvalue weighted by molar-refractivity contribution is 5.79. The second-order valence-corrected chi connectivity index (χ2v) is 6.69. The Hall–Kier alpha value is -2.24. The number of amides is 1. The summed E-state index contributed by atoms with van der Waals surface area (Å²) in [5.41, 5.74) is 1.01. The fourth-order valence-corrected chi connectivity index (χ4v) is 3.28. The number of hydrogen-bond donors (Lipinski definition) is 2. The predicted molar refractivity (Wildman–Crippen MR) is 93.9 cm³/mol. The van der Waals surface area contributed by atoms with Crippen LogP contribution in [0, 0.1) is 11.8 Å². The lowest BCUT2D eigenvalue weighted by Crippen LogP contribution is -2.41. The molecule has 1 atom stereocenters. The first-order valence-corrected chi connectivity index (χ1v) is 8.68. The van der Waals surface area contributed by atoms with E-state index >= 15 is 0 Å². The first kappa shape index (κ1) is 19.1. The number of rotatable bonds is 7. The van der Waals surface area contributed by atoms with Gasteiger partial charge in [-0.15, -0.1) is 0 Å². The van der Waals surface area contributed by atoms with Gasteiger partial charge in [0.15, 0.2) is 11.5 Å². The van der Waals surface area contributed by atoms with Crippen LogP contribution in [0.15, 0.2) is 18.2 Å². The molecule has 1 amide bonds. The molecule has 0 spiro atoms. The number of aliphatic carboxylic acids is 1. The van der Waals surface area contributed by atoms with E-state index in [1.54, 1.807) is 14.2 Å². The SMILES string of the molecule is COc1ccc(CC(C)C(=O)NC2CCC(C(=O)O)CC2)cc1OC. The summed E-state index contributed by atoms with van der Waals surface area (Å²) < 4.78 is 10.5. The highest BCUT2D eigenvalue weighted by atomic mass is 16.5. The fourth-order valence-electron chi connectivity index (χ4n) is 3.28. The van der Waals surface area contributed by atoms with Crippen molar-refractivity contribution in [3.63, 3.8) is 0 Å². The van der Waals surface area contributed by atoms with Gasteiger partial charge in [-0.3, -0.25) is 9.59 Å². The van der Waals surface area contributed by atoms with Gasteiger partial charge in [0.25, 0.3) is 0 Å². The van der Waals surface area contributed by atoms with E-state index in [1.165, 1.54) is 0 Å². The standard InChI is InChI=1S/C19H27NO5/c1-12(10-13-4-9-16(24-2)17(11-13)25-3)18(21)20-15-7-5-14(6-8-15)19(22)23/h4,9,11-12,14-15H,5-8,10H2,1-3H3,(H,20,21)(H,22,23). The third kappa shape index (κ3) is 5.11. The number of hydrogen-bond acceptors (Lipinski definition) is 4. The van der Waals surface area contributed by atoms with Gasteiger partial charge in [0, 0.05) is 12.0 Å². The van der Waals surface area contributed by atoms with E-state index in [0.29, 0.717) is 30.8 Å². The van der Waals surface area contributed by atoms with Crippen LogP contribution >= 0.6 is 0 Å². The molecule has 1 fully saturated rings. The van der Waals surface area contributed by atoms with Gasteiger partial charge >= 0.3 is 5.97 Å². The fraction of sp³-hybridized carbons (Fsp3) is 0.579. The van der Waals surface area contributed by atoms with Gasteiger partial charge in [0.05, 0.1) is 20.1 Å². The zero-order chi connectivity index (χ0) is 18.4. The Labute approximate surface area is 148 Å². The van der Waals surface area contributed by atoms with Crippen LogP contribution in [-0.2, 0) is 16.0 Å². The Kier molecular flexibility index (Phi) is 6.67. The molecule has 138 valence electrons. The van der Waals surface area contributed by atoms with Crippen LogP contribution in [0.25, 0.3) is 0 Å². The maximum absolute atomic E-state index is 12.4. The second kappa shape index (κ2) is 8.74. The van der Waals surface area contributed by atoms with Crippen molar-refractivity contribution < 1.29 is 24.2 Å². The molecule has 0 radical (unpaired) electrons. The molecule has 1 aliphatic rings. The number of ether oxygens (including phenoxy) is 2. The summed E-state index contributed by atoms with van der Waals surface area (Å²) in [6.45, 7) is 1.90. The van der Waals surface area contributed by atoms with E-state index in [4.69, 9.17) is 14.6 Å². The number of carboxylic acid groups (broad SMARTS) is 1. The molecule has 0 bridgehead atoms. The molecule has 1 aromatic rings. The second-order valence-electron chi connectivity index (χ2n) is 6.69. The summed E-state index contributed by atoms with van der Waals surface area (Å²) in [5, 5.41) is 12.1. The average Bonchev–Trinajstić information content (AvgIpc) is 2.61. The van der Waals surface area contributed by atoms with Crippen molar-refractivity contribution in [1.29, 1.82) is 0 Å². The van der Waals surface area contributed by atoms with Gasteiger partial charge in [0.1, 0.15) is 0 Å². The molecule has 2 N–H and O–H groups in total. The summed E-state index contributed by atoms with van der Waals surface area (Å²) in [7, 11) is 3.18. The minimum Gasteiger partial charge on any atom is -0.493 e. The van der Waals surface area contributed by atoms with E-state index in [1.807, 2.05) is 25.1 Å². The molecule has 1 unspecified atom stereocenters. The normalized spacial score (nSPS) is 21.2. The molecule has 2 rings (SSSR count). The predicted octanol–water partition coefficient (Wildman–Crippen LogP) is 2.64. The van der Waals surface area contributed by atoms with Crippen LogP contribution in [0.2, 0.25) is 0 Å². The number of carbonyl (C=O) groups is 2. The highest BCUT2D eigenvalue weighted by Crippen LogP contribution is 2.29. The number of carbonyl (C=O) groups excluding carboxylic acids is 1. The molecule has 1 aliphatic carbocycles. The van der Waals surface area contributed by atoms with Crippen LogP contribution < -0.4 is 14.8 Å². The minimum atomic E-state index is -0.730.